The summed E-state index contributed by atoms with van der Waals surface area (Å²) in [7, 11) is 1.74. The number of ether oxygens (including phenoxy) is 1. The fourth-order valence-corrected chi connectivity index (χ4v) is 3.65. The Hall–Kier alpha value is -2.73. The monoisotopic (exact) mass is 428 g/mol. The van der Waals surface area contributed by atoms with E-state index in [4.69, 9.17) is 16.3 Å². The second-order valence-electron chi connectivity index (χ2n) is 7.33. The Bertz CT molecular complexity index is 844. The molecule has 1 heterocycles. The first kappa shape index (κ1) is 22.0. The first-order chi connectivity index (χ1) is 14.6. The molecule has 1 saturated heterocycles. The fourth-order valence-electron chi connectivity index (χ4n) is 3.47. The van der Waals surface area contributed by atoms with Gasteiger partial charge in [0.05, 0.1) is 6.54 Å². The van der Waals surface area contributed by atoms with Gasteiger partial charge in [-0.15, -0.1) is 0 Å². The van der Waals surface area contributed by atoms with E-state index in [2.05, 4.69) is 27.8 Å². The number of amides is 1. The largest absolute Gasteiger partial charge is 0.492 e. The highest BCUT2D eigenvalue weighted by Gasteiger charge is 2.29. The molecule has 0 aliphatic carbocycles. The molecule has 0 aromatic heterocycles. The van der Waals surface area contributed by atoms with Gasteiger partial charge >= 0.3 is 0 Å². The number of nitrogens with one attached hydrogen (secondary N) is 2. The number of nitrogens with zero attached hydrogens (tertiary/aromatic N) is 2. The summed E-state index contributed by atoms with van der Waals surface area (Å²) < 4.78 is 5.67. The third-order valence-corrected chi connectivity index (χ3v) is 5.28. The van der Waals surface area contributed by atoms with Crippen molar-refractivity contribution in [1.29, 1.82) is 0 Å². The smallest absolute Gasteiger partial charge is 0.223 e. The molecule has 3 rings (SSSR count). The van der Waals surface area contributed by atoms with Crippen molar-refractivity contribution in [1.82, 2.24) is 15.5 Å². The SMILES string of the molecule is CN=C(NCCOc1cccc(Cl)c1)NCC1CC(=O)N(CCc2ccccc2)C1. The summed E-state index contributed by atoms with van der Waals surface area (Å²) in [5, 5.41) is 7.20. The number of hydrogen-bond donors (Lipinski definition) is 2. The minimum absolute atomic E-state index is 0.232. The number of carbonyl (C=O) groups is 1. The van der Waals surface area contributed by atoms with Crippen molar-refractivity contribution in [3.8, 4) is 5.75 Å². The van der Waals surface area contributed by atoms with Crippen molar-refractivity contribution >= 4 is 23.5 Å². The third-order valence-electron chi connectivity index (χ3n) is 5.05. The summed E-state index contributed by atoms with van der Waals surface area (Å²) in [6.45, 7) is 3.37. The van der Waals surface area contributed by atoms with E-state index in [-0.39, 0.29) is 11.8 Å². The Morgan fingerprint density at radius 1 is 1.20 bits per heavy atom. The van der Waals surface area contributed by atoms with Crippen LogP contribution in [0.4, 0.5) is 0 Å². The molecule has 7 heteroatoms. The Labute approximate surface area is 183 Å². The Morgan fingerprint density at radius 3 is 2.80 bits per heavy atom. The molecular formula is C23H29ClN4O2. The first-order valence-corrected chi connectivity index (χ1v) is 10.7. The molecule has 2 aromatic carbocycles. The molecule has 160 valence electrons. The van der Waals surface area contributed by atoms with Gasteiger partial charge in [-0.25, -0.2) is 0 Å². The van der Waals surface area contributed by atoms with E-state index in [1.54, 1.807) is 13.1 Å². The van der Waals surface area contributed by atoms with Crippen molar-refractivity contribution in [3.63, 3.8) is 0 Å². The molecule has 1 atom stereocenters. The molecule has 0 radical (unpaired) electrons. The number of guanidine groups is 1. The second-order valence-corrected chi connectivity index (χ2v) is 7.77. The number of aliphatic imine (C=N–C) groups is 1. The highest BCUT2D eigenvalue weighted by atomic mass is 35.5. The van der Waals surface area contributed by atoms with Crippen LogP contribution in [-0.2, 0) is 11.2 Å². The molecule has 0 spiro atoms. The zero-order chi connectivity index (χ0) is 21.2. The molecule has 1 unspecified atom stereocenters. The van der Waals surface area contributed by atoms with E-state index in [1.165, 1.54) is 5.56 Å². The minimum atomic E-state index is 0.232. The maximum atomic E-state index is 12.3. The van der Waals surface area contributed by atoms with Gasteiger partial charge in [-0.1, -0.05) is 48.0 Å². The lowest BCUT2D eigenvalue weighted by Crippen LogP contribution is -2.41. The van der Waals surface area contributed by atoms with Gasteiger partial charge in [-0.3, -0.25) is 9.79 Å². The predicted octanol–water partition coefficient (Wildman–Crippen LogP) is 2.98. The summed E-state index contributed by atoms with van der Waals surface area (Å²) in [6.07, 6.45) is 1.47. The van der Waals surface area contributed by atoms with Gasteiger partial charge < -0.3 is 20.3 Å². The Morgan fingerprint density at radius 2 is 2.03 bits per heavy atom. The van der Waals surface area contributed by atoms with E-state index in [9.17, 15) is 4.79 Å². The van der Waals surface area contributed by atoms with Crippen LogP contribution in [0, 0.1) is 5.92 Å². The second kappa shape index (κ2) is 11.5. The standard InChI is InChI=1S/C23H29ClN4O2/c1-25-23(26-11-13-30-21-9-5-8-20(24)15-21)27-16-19-14-22(29)28(17-19)12-10-18-6-3-2-4-7-18/h2-9,15,19H,10-14,16-17H2,1H3,(H2,25,26,27). The summed E-state index contributed by atoms with van der Waals surface area (Å²) >= 11 is 5.95. The number of hydrogen-bond acceptors (Lipinski definition) is 3. The van der Waals surface area contributed by atoms with Crippen LogP contribution >= 0.6 is 11.6 Å². The van der Waals surface area contributed by atoms with Crippen LogP contribution < -0.4 is 15.4 Å². The number of rotatable bonds is 9. The zero-order valence-electron chi connectivity index (χ0n) is 17.3. The summed E-state index contributed by atoms with van der Waals surface area (Å²) in [5.41, 5.74) is 1.26. The van der Waals surface area contributed by atoms with E-state index in [1.807, 2.05) is 41.3 Å². The molecule has 6 nitrogen and oxygen atoms in total. The van der Waals surface area contributed by atoms with Crippen LogP contribution in [0.25, 0.3) is 0 Å². The summed E-state index contributed by atoms with van der Waals surface area (Å²) in [6, 6.07) is 17.6. The highest BCUT2D eigenvalue weighted by Crippen LogP contribution is 2.18. The van der Waals surface area contributed by atoms with E-state index < -0.39 is 0 Å². The molecular weight excluding hydrogens is 400 g/mol. The summed E-state index contributed by atoms with van der Waals surface area (Å²) in [5.74, 6) is 1.97. The van der Waals surface area contributed by atoms with Crippen molar-refractivity contribution < 1.29 is 9.53 Å². The first-order valence-electron chi connectivity index (χ1n) is 10.3. The maximum absolute atomic E-state index is 12.3. The molecule has 1 aliphatic heterocycles. The van der Waals surface area contributed by atoms with E-state index in [0.29, 0.717) is 37.1 Å². The van der Waals surface area contributed by atoms with Crippen LogP contribution in [0.3, 0.4) is 0 Å². The van der Waals surface area contributed by atoms with Crippen LogP contribution in [0.5, 0.6) is 5.75 Å². The van der Waals surface area contributed by atoms with Crippen molar-refractivity contribution in [2.75, 3.05) is 39.8 Å². The lowest BCUT2D eigenvalue weighted by atomic mass is 10.1. The van der Waals surface area contributed by atoms with Gasteiger partial charge in [0, 0.05) is 44.0 Å². The quantitative estimate of drug-likeness (QED) is 0.366. The van der Waals surface area contributed by atoms with Gasteiger partial charge in [0.15, 0.2) is 5.96 Å². The Kier molecular flexibility index (Phi) is 8.39. The van der Waals surface area contributed by atoms with Crippen LogP contribution in [-0.4, -0.2) is 56.6 Å². The maximum Gasteiger partial charge on any atom is 0.223 e. The highest BCUT2D eigenvalue weighted by molar-refractivity contribution is 6.30. The van der Waals surface area contributed by atoms with Crippen LogP contribution in [0.15, 0.2) is 59.6 Å². The van der Waals surface area contributed by atoms with Crippen LogP contribution in [0.1, 0.15) is 12.0 Å². The Balaban J connectivity index is 1.34. The van der Waals surface area contributed by atoms with Gasteiger partial charge in [0.1, 0.15) is 12.4 Å². The van der Waals surface area contributed by atoms with Gasteiger partial charge in [0.2, 0.25) is 5.91 Å². The third kappa shape index (κ3) is 6.95. The van der Waals surface area contributed by atoms with Gasteiger partial charge in [-0.2, -0.15) is 0 Å². The molecule has 2 N–H and O–H groups in total. The number of carbonyl (C=O) groups excluding carboxylic acids is 1. The van der Waals surface area contributed by atoms with Gasteiger partial charge in [-0.05, 0) is 30.2 Å². The normalized spacial score (nSPS) is 16.6. The summed E-state index contributed by atoms with van der Waals surface area (Å²) in [4.78, 5) is 18.5. The number of benzene rings is 2. The average molecular weight is 429 g/mol. The molecule has 30 heavy (non-hydrogen) atoms. The van der Waals surface area contributed by atoms with Crippen molar-refractivity contribution in [2.45, 2.75) is 12.8 Å². The van der Waals surface area contributed by atoms with Gasteiger partial charge in [0.25, 0.3) is 0 Å². The topological polar surface area (TPSA) is 66.0 Å². The van der Waals surface area contributed by atoms with Crippen molar-refractivity contribution in [3.05, 3.63) is 65.2 Å². The van der Waals surface area contributed by atoms with Crippen LogP contribution in [0.2, 0.25) is 5.02 Å². The van der Waals surface area contributed by atoms with E-state index >= 15 is 0 Å². The predicted molar refractivity (Wildman–Crippen MR) is 121 cm³/mol. The molecule has 1 aliphatic rings. The number of likely N-dealkylation sites (tertiary alicyclic amines) is 1. The van der Waals surface area contributed by atoms with Crippen molar-refractivity contribution in [2.24, 2.45) is 10.9 Å². The zero-order valence-corrected chi connectivity index (χ0v) is 18.1. The lowest BCUT2D eigenvalue weighted by Gasteiger charge is -2.18. The molecule has 2 aromatic rings. The van der Waals surface area contributed by atoms with E-state index in [0.717, 1.165) is 25.3 Å². The fraction of sp³-hybridized carbons (Fsp3) is 0.391. The lowest BCUT2D eigenvalue weighted by molar-refractivity contribution is -0.127. The molecule has 1 amide bonds. The molecule has 1 fully saturated rings. The molecule has 0 saturated carbocycles. The number of halogens is 1. The molecule has 0 bridgehead atoms. The average Bonchev–Trinajstić information content (AvgIpc) is 3.12. The minimum Gasteiger partial charge on any atom is -0.492 e.